The van der Waals surface area contributed by atoms with Gasteiger partial charge in [0.2, 0.25) is 0 Å². The first-order valence-corrected chi connectivity index (χ1v) is 4.95. The van der Waals surface area contributed by atoms with Gasteiger partial charge in [-0.1, -0.05) is 12.2 Å². The van der Waals surface area contributed by atoms with Crippen LogP contribution in [0.1, 0.15) is 12.8 Å². The second-order valence-corrected chi connectivity index (χ2v) is 3.76. The van der Waals surface area contributed by atoms with Gasteiger partial charge in [0.15, 0.2) is 0 Å². The second-order valence-electron chi connectivity index (χ2n) is 3.29. The Balaban J connectivity index is 3.90. The summed E-state index contributed by atoms with van der Waals surface area (Å²) in [6, 6.07) is 0. The summed E-state index contributed by atoms with van der Waals surface area (Å²) >= 11 is 4.20. The zero-order chi connectivity index (χ0) is 13.7. The highest BCUT2D eigenvalue weighted by Crippen LogP contribution is 2.27. The Kier molecular flexibility index (Phi) is 6.17. The van der Waals surface area contributed by atoms with Crippen LogP contribution < -0.4 is 5.73 Å². The summed E-state index contributed by atoms with van der Waals surface area (Å²) in [4.78, 5) is -0.784. The van der Waals surface area contributed by atoms with Crippen LogP contribution in [0.3, 0.4) is 0 Å². The van der Waals surface area contributed by atoms with Crippen molar-refractivity contribution in [3.05, 3.63) is 0 Å². The van der Waals surface area contributed by atoms with Crippen molar-refractivity contribution in [2.24, 2.45) is 11.7 Å². The van der Waals surface area contributed by atoms with E-state index in [1.807, 2.05) is 0 Å². The van der Waals surface area contributed by atoms with Gasteiger partial charge in [-0.15, -0.1) is 0 Å². The highest BCUT2D eigenvalue weighted by molar-refractivity contribution is 7.80. The Morgan fingerprint density at radius 1 is 1.18 bits per heavy atom. The molecule has 1 atom stereocenters. The molecule has 0 aromatic carbocycles. The van der Waals surface area contributed by atoms with Crippen molar-refractivity contribution < 1.29 is 31.1 Å². The molecule has 0 saturated carbocycles. The SMILES string of the molecule is NC(=S)C(COCCCC(F)(F)F)C(F)(F)F. The number of hydrogen-bond donors (Lipinski definition) is 1. The van der Waals surface area contributed by atoms with E-state index in [0.29, 0.717) is 0 Å². The number of alkyl halides is 6. The van der Waals surface area contributed by atoms with Crippen molar-refractivity contribution in [3.63, 3.8) is 0 Å². The Labute approximate surface area is 99.1 Å². The maximum atomic E-state index is 12.2. The van der Waals surface area contributed by atoms with E-state index in [2.05, 4.69) is 17.0 Å². The van der Waals surface area contributed by atoms with E-state index in [9.17, 15) is 26.3 Å². The van der Waals surface area contributed by atoms with E-state index < -0.39 is 49.3 Å². The standard InChI is InChI=1S/C8H11F6NOS/c9-7(10,11)2-1-3-16-4-5(6(15)17)8(12,13)14/h5H,1-4H2,(H2,15,17). The molecule has 17 heavy (non-hydrogen) atoms. The minimum Gasteiger partial charge on any atom is -0.393 e. The molecule has 0 aliphatic carbocycles. The van der Waals surface area contributed by atoms with Crippen LogP contribution in [-0.2, 0) is 4.74 Å². The molecular formula is C8H11F6NOS. The highest BCUT2D eigenvalue weighted by atomic mass is 32.1. The van der Waals surface area contributed by atoms with Gasteiger partial charge in [0.25, 0.3) is 0 Å². The smallest absolute Gasteiger partial charge is 0.393 e. The third-order valence-corrected chi connectivity index (χ3v) is 2.06. The van der Waals surface area contributed by atoms with Gasteiger partial charge < -0.3 is 10.5 Å². The Bertz CT molecular complexity index is 251. The van der Waals surface area contributed by atoms with E-state index in [0.717, 1.165) is 0 Å². The predicted molar refractivity (Wildman–Crippen MR) is 52.4 cm³/mol. The monoisotopic (exact) mass is 283 g/mol. The summed E-state index contributed by atoms with van der Waals surface area (Å²) in [5.74, 6) is -2.12. The van der Waals surface area contributed by atoms with Gasteiger partial charge in [-0.2, -0.15) is 26.3 Å². The highest BCUT2D eigenvalue weighted by Gasteiger charge is 2.41. The molecule has 0 aromatic heterocycles. The zero-order valence-electron chi connectivity index (χ0n) is 8.57. The third kappa shape index (κ3) is 8.19. The first-order valence-electron chi connectivity index (χ1n) is 4.54. The summed E-state index contributed by atoms with van der Waals surface area (Å²) in [7, 11) is 0. The molecule has 9 heteroatoms. The molecular weight excluding hydrogens is 272 g/mol. The Morgan fingerprint density at radius 3 is 2.06 bits per heavy atom. The average molecular weight is 283 g/mol. The fourth-order valence-corrected chi connectivity index (χ4v) is 1.12. The molecule has 0 radical (unpaired) electrons. The van der Waals surface area contributed by atoms with Crippen molar-refractivity contribution in [1.82, 2.24) is 0 Å². The summed E-state index contributed by atoms with van der Waals surface area (Å²) in [5.41, 5.74) is 4.86. The predicted octanol–water partition coefficient (Wildman–Crippen LogP) is 2.81. The summed E-state index contributed by atoms with van der Waals surface area (Å²) in [6.07, 6.45) is -10.5. The van der Waals surface area contributed by atoms with Crippen LogP contribution in [0.2, 0.25) is 0 Å². The van der Waals surface area contributed by atoms with Gasteiger partial charge in [0.05, 0.1) is 11.6 Å². The normalized spacial score (nSPS) is 14.7. The third-order valence-electron chi connectivity index (χ3n) is 1.77. The number of nitrogens with two attached hydrogens (primary N) is 1. The lowest BCUT2D eigenvalue weighted by atomic mass is 10.1. The number of rotatable bonds is 6. The number of halogens is 6. The molecule has 0 bridgehead atoms. The maximum absolute atomic E-state index is 12.2. The second kappa shape index (κ2) is 6.39. The maximum Gasteiger partial charge on any atom is 0.400 e. The molecule has 0 fully saturated rings. The first kappa shape index (κ1) is 16.4. The van der Waals surface area contributed by atoms with E-state index in [1.54, 1.807) is 0 Å². The Morgan fingerprint density at radius 2 is 1.71 bits per heavy atom. The molecule has 0 amide bonds. The summed E-state index contributed by atoms with van der Waals surface area (Å²) < 4.78 is 76.3. The van der Waals surface area contributed by atoms with E-state index in [4.69, 9.17) is 5.73 Å². The van der Waals surface area contributed by atoms with E-state index in [-0.39, 0.29) is 0 Å². The molecule has 1 unspecified atom stereocenters. The number of thiocarbonyl (C=S) groups is 1. The van der Waals surface area contributed by atoms with Gasteiger partial charge in [-0.05, 0) is 6.42 Å². The minimum absolute atomic E-state index is 0.397. The molecule has 0 spiro atoms. The average Bonchev–Trinajstić information content (AvgIpc) is 2.05. The number of ether oxygens (including phenoxy) is 1. The molecule has 102 valence electrons. The zero-order valence-corrected chi connectivity index (χ0v) is 9.38. The summed E-state index contributed by atoms with van der Waals surface area (Å²) in [5, 5.41) is 0. The lowest BCUT2D eigenvalue weighted by molar-refractivity contribution is -0.169. The fourth-order valence-electron chi connectivity index (χ4n) is 0.914. The van der Waals surface area contributed by atoms with Crippen LogP contribution in [0, 0.1) is 5.92 Å². The van der Waals surface area contributed by atoms with Gasteiger partial charge in [0, 0.05) is 13.0 Å². The van der Waals surface area contributed by atoms with E-state index >= 15 is 0 Å². The first-order chi connectivity index (χ1) is 7.54. The lowest BCUT2D eigenvalue weighted by Gasteiger charge is -2.18. The van der Waals surface area contributed by atoms with Crippen molar-refractivity contribution in [3.8, 4) is 0 Å². The topological polar surface area (TPSA) is 35.2 Å². The van der Waals surface area contributed by atoms with Gasteiger partial charge in [-0.3, -0.25) is 0 Å². The van der Waals surface area contributed by atoms with Crippen LogP contribution in [0.4, 0.5) is 26.3 Å². The molecule has 0 aliphatic rings. The van der Waals surface area contributed by atoms with Crippen LogP contribution in [0.5, 0.6) is 0 Å². The largest absolute Gasteiger partial charge is 0.400 e. The van der Waals surface area contributed by atoms with Crippen molar-refractivity contribution >= 4 is 17.2 Å². The molecule has 0 aromatic rings. The molecule has 0 rings (SSSR count). The molecule has 2 nitrogen and oxygen atoms in total. The van der Waals surface area contributed by atoms with Crippen LogP contribution in [0.25, 0.3) is 0 Å². The fraction of sp³-hybridized carbons (Fsp3) is 0.875. The van der Waals surface area contributed by atoms with Gasteiger partial charge in [-0.25, -0.2) is 0 Å². The summed E-state index contributed by atoms with van der Waals surface area (Å²) in [6.45, 7) is -1.27. The van der Waals surface area contributed by atoms with Crippen LogP contribution in [0.15, 0.2) is 0 Å². The van der Waals surface area contributed by atoms with Gasteiger partial charge >= 0.3 is 12.4 Å². The molecule has 2 N–H and O–H groups in total. The van der Waals surface area contributed by atoms with Crippen LogP contribution in [-0.4, -0.2) is 30.6 Å². The number of hydrogen-bond acceptors (Lipinski definition) is 2. The van der Waals surface area contributed by atoms with Crippen molar-refractivity contribution in [2.75, 3.05) is 13.2 Å². The lowest BCUT2D eigenvalue weighted by Crippen LogP contribution is -2.38. The van der Waals surface area contributed by atoms with E-state index in [1.165, 1.54) is 0 Å². The Hall–Kier alpha value is -0.570. The van der Waals surface area contributed by atoms with Crippen molar-refractivity contribution in [2.45, 2.75) is 25.2 Å². The molecule has 0 heterocycles. The van der Waals surface area contributed by atoms with Crippen molar-refractivity contribution in [1.29, 1.82) is 0 Å². The quantitative estimate of drug-likeness (QED) is 0.462. The molecule has 0 aliphatic heterocycles. The minimum atomic E-state index is -4.64. The van der Waals surface area contributed by atoms with Gasteiger partial charge in [0.1, 0.15) is 5.92 Å². The van der Waals surface area contributed by atoms with Crippen LogP contribution >= 0.6 is 12.2 Å². The molecule has 0 saturated heterocycles.